The third-order valence-electron chi connectivity index (χ3n) is 2.19. The van der Waals surface area contributed by atoms with Gasteiger partial charge in [0.1, 0.15) is 17.7 Å². The number of aryl methyl sites for hydroxylation is 1. The maximum absolute atomic E-state index is 12.9. The van der Waals surface area contributed by atoms with Gasteiger partial charge in [-0.15, -0.1) is 0 Å². The number of hydrogen-bond donors (Lipinski definition) is 1. The Balaban J connectivity index is 2.73. The van der Waals surface area contributed by atoms with Crippen molar-refractivity contribution in [2.75, 3.05) is 0 Å². The van der Waals surface area contributed by atoms with Gasteiger partial charge >= 0.3 is 0 Å². The predicted octanol–water partition coefficient (Wildman–Crippen LogP) is 2.25. The fourth-order valence-corrected chi connectivity index (χ4v) is 1.01. The van der Waals surface area contributed by atoms with Crippen LogP contribution in [0.3, 0.4) is 0 Å². The van der Waals surface area contributed by atoms with Crippen LogP contribution in [0.2, 0.25) is 0 Å². The molecule has 1 rings (SSSR count). The first-order valence-electron chi connectivity index (χ1n) is 4.69. The van der Waals surface area contributed by atoms with E-state index < -0.39 is 0 Å². The van der Waals surface area contributed by atoms with E-state index >= 15 is 0 Å². The summed E-state index contributed by atoms with van der Waals surface area (Å²) in [5, 5.41) is 0. The predicted molar refractivity (Wildman–Crippen MR) is 54.9 cm³/mol. The summed E-state index contributed by atoms with van der Waals surface area (Å²) in [5.74, 6) is 0.444. The van der Waals surface area contributed by atoms with Gasteiger partial charge in [0.25, 0.3) is 0 Å². The molecule has 1 aromatic rings. The minimum atomic E-state index is -0.217. The second kappa shape index (κ2) is 4.42. The molecule has 78 valence electrons. The molecule has 0 aromatic heterocycles. The van der Waals surface area contributed by atoms with Gasteiger partial charge in [0, 0.05) is 6.04 Å². The molecule has 2 atom stereocenters. The Morgan fingerprint density at radius 1 is 1.36 bits per heavy atom. The third kappa shape index (κ3) is 2.70. The van der Waals surface area contributed by atoms with Crippen LogP contribution in [0.1, 0.15) is 19.4 Å². The van der Waals surface area contributed by atoms with Crippen LogP contribution >= 0.6 is 0 Å². The lowest BCUT2D eigenvalue weighted by Gasteiger charge is -2.18. The maximum Gasteiger partial charge on any atom is 0.126 e. The summed E-state index contributed by atoms with van der Waals surface area (Å²) in [5.41, 5.74) is 6.24. The SMILES string of the molecule is Cc1cc(OC(C)[C@@H](C)N)ccc1F. The molecular formula is C11H16FNO. The van der Waals surface area contributed by atoms with Crippen LogP contribution in [0.15, 0.2) is 18.2 Å². The van der Waals surface area contributed by atoms with E-state index in [1.54, 1.807) is 19.1 Å². The minimum Gasteiger partial charge on any atom is -0.489 e. The van der Waals surface area contributed by atoms with Crippen molar-refractivity contribution in [3.63, 3.8) is 0 Å². The molecule has 0 heterocycles. The van der Waals surface area contributed by atoms with Gasteiger partial charge in [-0.25, -0.2) is 4.39 Å². The lowest BCUT2D eigenvalue weighted by atomic mass is 10.2. The third-order valence-corrected chi connectivity index (χ3v) is 2.19. The lowest BCUT2D eigenvalue weighted by molar-refractivity contribution is 0.196. The van der Waals surface area contributed by atoms with Gasteiger partial charge in [-0.2, -0.15) is 0 Å². The van der Waals surface area contributed by atoms with E-state index in [0.29, 0.717) is 11.3 Å². The summed E-state index contributed by atoms with van der Waals surface area (Å²) in [6.45, 7) is 5.48. The molecule has 0 saturated heterocycles. The smallest absolute Gasteiger partial charge is 0.126 e. The van der Waals surface area contributed by atoms with Gasteiger partial charge in [-0.05, 0) is 44.5 Å². The monoisotopic (exact) mass is 197 g/mol. The average Bonchev–Trinajstić information content (AvgIpc) is 2.11. The van der Waals surface area contributed by atoms with Gasteiger partial charge in [0.05, 0.1) is 0 Å². The highest BCUT2D eigenvalue weighted by molar-refractivity contribution is 5.29. The highest BCUT2D eigenvalue weighted by Crippen LogP contribution is 2.17. The summed E-state index contributed by atoms with van der Waals surface area (Å²) in [6.07, 6.45) is -0.0696. The molecular weight excluding hydrogens is 181 g/mol. The Labute approximate surface area is 83.9 Å². The molecule has 1 aromatic carbocycles. The number of benzene rings is 1. The summed E-state index contributed by atoms with van der Waals surface area (Å²) >= 11 is 0. The number of halogens is 1. The van der Waals surface area contributed by atoms with Gasteiger partial charge in [-0.1, -0.05) is 0 Å². The van der Waals surface area contributed by atoms with Crippen molar-refractivity contribution in [2.24, 2.45) is 5.73 Å². The summed E-state index contributed by atoms with van der Waals surface area (Å²) in [7, 11) is 0. The van der Waals surface area contributed by atoms with Crippen molar-refractivity contribution in [1.82, 2.24) is 0 Å². The maximum atomic E-state index is 12.9. The van der Waals surface area contributed by atoms with E-state index in [0.717, 1.165) is 0 Å². The Kier molecular flexibility index (Phi) is 3.47. The van der Waals surface area contributed by atoms with E-state index in [1.165, 1.54) is 6.07 Å². The van der Waals surface area contributed by atoms with Crippen molar-refractivity contribution < 1.29 is 9.13 Å². The molecule has 0 aliphatic heterocycles. The molecule has 0 bridgehead atoms. The Morgan fingerprint density at radius 2 is 2.00 bits per heavy atom. The fraction of sp³-hybridized carbons (Fsp3) is 0.455. The van der Waals surface area contributed by atoms with Crippen molar-refractivity contribution in [3.05, 3.63) is 29.6 Å². The molecule has 0 amide bonds. The molecule has 2 nitrogen and oxygen atoms in total. The highest BCUT2D eigenvalue weighted by atomic mass is 19.1. The Morgan fingerprint density at radius 3 is 2.50 bits per heavy atom. The first-order chi connectivity index (χ1) is 6.50. The molecule has 2 N–H and O–H groups in total. The second-order valence-corrected chi connectivity index (χ2v) is 3.59. The van der Waals surface area contributed by atoms with Crippen LogP contribution in [-0.4, -0.2) is 12.1 Å². The van der Waals surface area contributed by atoms with Crippen molar-refractivity contribution in [1.29, 1.82) is 0 Å². The second-order valence-electron chi connectivity index (χ2n) is 3.59. The zero-order chi connectivity index (χ0) is 10.7. The number of nitrogens with two attached hydrogens (primary N) is 1. The normalized spacial score (nSPS) is 14.9. The van der Waals surface area contributed by atoms with Crippen LogP contribution in [0.4, 0.5) is 4.39 Å². The molecule has 0 radical (unpaired) electrons. The molecule has 0 fully saturated rings. The molecule has 1 unspecified atom stereocenters. The minimum absolute atomic E-state index is 0.0413. The van der Waals surface area contributed by atoms with E-state index in [4.69, 9.17) is 10.5 Å². The van der Waals surface area contributed by atoms with Crippen LogP contribution < -0.4 is 10.5 Å². The van der Waals surface area contributed by atoms with E-state index in [2.05, 4.69) is 0 Å². The number of ether oxygens (including phenoxy) is 1. The summed E-state index contributed by atoms with van der Waals surface area (Å²) in [6, 6.07) is 4.65. The highest BCUT2D eigenvalue weighted by Gasteiger charge is 2.09. The zero-order valence-electron chi connectivity index (χ0n) is 8.75. The molecule has 0 aliphatic carbocycles. The molecule has 14 heavy (non-hydrogen) atoms. The fourth-order valence-electron chi connectivity index (χ4n) is 1.01. The molecule has 3 heteroatoms. The van der Waals surface area contributed by atoms with Crippen LogP contribution in [0, 0.1) is 12.7 Å². The lowest BCUT2D eigenvalue weighted by Crippen LogP contribution is -2.33. The van der Waals surface area contributed by atoms with Gasteiger partial charge in [0.2, 0.25) is 0 Å². The van der Waals surface area contributed by atoms with Crippen LogP contribution in [0.5, 0.6) is 5.75 Å². The summed E-state index contributed by atoms with van der Waals surface area (Å²) in [4.78, 5) is 0. The quantitative estimate of drug-likeness (QED) is 0.806. The van der Waals surface area contributed by atoms with E-state index in [9.17, 15) is 4.39 Å². The van der Waals surface area contributed by atoms with E-state index in [1.807, 2.05) is 13.8 Å². The number of hydrogen-bond acceptors (Lipinski definition) is 2. The molecule has 0 aliphatic rings. The van der Waals surface area contributed by atoms with Gasteiger partial charge in [-0.3, -0.25) is 0 Å². The molecule has 0 saturated carbocycles. The zero-order valence-corrected chi connectivity index (χ0v) is 8.75. The molecule has 0 spiro atoms. The standard InChI is InChI=1S/C11H16FNO/c1-7-6-10(4-5-11(7)12)14-9(3)8(2)13/h4-6,8-9H,13H2,1-3H3/t8-,9?/m1/s1. The Bertz CT molecular complexity index is 312. The Hall–Kier alpha value is -1.09. The van der Waals surface area contributed by atoms with Crippen molar-refractivity contribution >= 4 is 0 Å². The van der Waals surface area contributed by atoms with E-state index in [-0.39, 0.29) is 18.0 Å². The average molecular weight is 197 g/mol. The topological polar surface area (TPSA) is 35.2 Å². The first-order valence-corrected chi connectivity index (χ1v) is 4.69. The van der Waals surface area contributed by atoms with Crippen LogP contribution in [-0.2, 0) is 0 Å². The largest absolute Gasteiger partial charge is 0.489 e. The first kappa shape index (κ1) is 11.0. The van der Waals surface area contributed by atoms with Crippen molar-refractivity contribution in [3.8, 4) is 5.75 Å². The number of rotatable bonds is 3. The van der Waals surface area contributed by atoms with Crippen molar-refractivity contribution in [2.45, 2.75) is 32.9 Å². The van der Waals surface area contributed by atoms with Gasteiger partial charge < -0.3 is 10.5 Å². The summed E-state index contributed by atoms with van der Waals surface area (Å²) < 4.78 is 18.4. The van der Waals surface area contributed by atoms with Gasteiger partial charge in [0.15, 0.2) is 0 Å². The van der Waals surface area contributed by atoms with Crippen LogP contribution in [0.25, 0.3) is 0 Å².